The van der Waals surface area contributed by atoms with Crippen molar-refractivity contribution in [2.24, 2.45) is 0 Å². The van der Waals surface area contributed by atoms with Crippen molar-refractivity contribution in [2.45, 2.75) is 17.0 Å². The predicted octanol–water partition coefficient (Wildman–Crippen LogP) is 2.62. The molecule has 12 heavy (non-hydrogen) atoms. The quantitative estimate of drug-likeness (QED) is 0.574. The third-order valence-corrected chi connectivity index (χ3v) is 3.28. The summed E-state index contributed by atoms with van der Waals surface area (Å²) in [5, 5.41) is 0.768. The number of Topliss-reactive ketones (excluding diaryl/α,β-unsaturated/α-hetero) is 1. The first-order chi connectivity index (χ1) is 5.70. The molecule has 0 aliphatic rings. The van der Waals surface area contributed by atoms with E-state index in [-0.39, 0.29) is 0 Å². The zero-order chi connectivity index (χ0) is 8.97. The minimum absolute atomic E-state index is 0.297. The Morgan fingerprint density at radius 2 is 1.83 bits per heavy atom. The monoisotopic (exact) mass is 229 g/mol. The van der Waals surface area contributed by atoms with Crippen LogP contribution in [0.2, 0.25) is 17.0 Å². The van der Waals surface area contributed by atoms with Gasteiger partial charge in [-0.15, -0.1) is 0 Å². The van der Waals surface area contributed by atoms with E-state index in [1.165, 1.54) is 0 Å². The Morgan fingerprint density at radius 1 is 1.25 bits per heavy atom. The Labute approximate surface area is 77.7 Å². The standard InChI is InChI=1S/C10H13OSe/c1-12(2)8-10(11)9-6-4-3-5-7-9/h3-7H,8H2,1-2H3/q+1. The van der Waals surface area contributed by atoms with Crippen LogP contribution in [0.4, 0.5) is 0 Å². The van der Waals surface area contributed by atoms with Crippen LogP contribution < -0.4 is 0 Å². The van der Waals surface area contributed by atoms with Gasteiger partial charge in [-0.05, 0) is 0 Å². The molecule has 1 nitrogen and oxygen atoms in total. The number of rotatable bonds is 3. The van der Waals surface area contributed by atoms with Crippen molar-refractivity contribution in [1.82, 2.24) is 0 Å². The van der Waals surface area contributed by atoms with Crippen molar-refractivity contribution in [3.63, 3.8) is 0 Å². The summed E-state index contributed by atoms with van der Waals surface area (Å²) in [6.07, 6.45) is 0. The summed E-state index contributed by atoms with van der Waals surface area (Å²) >= 11 is -0.629. The molecule has 0 amide bonds. The van der Waals surface area contributed by atoms with Gasteiger partial charge in [0.15, 0.2) is 0 Å². The molecule has 0 N–H and O–H groups in total. The first-order valence-electron chi connectivity index (χ1n) is 3.82. The van der Waals surface area contributed by atoms with Crippen LogP contribution in [0.15, 0.2) is 30.3 Å². The molecule has 0 heterocycles. The fourth-order valence-electron chi connectivity index (χ4n) is 0.970. The number of ketones is 1. The van der Waals surface area contributed by atoms with Gasteiger partial charge in [0.2, 0.25) is 0 Å². The molecule has 0 aliphatic heterocycles. The fourth-order valence-corrected chi connectivity index (χ4v) is 2.42. The number of carbonyl (C=O) groups excluding carboxylic acids is 1. The molecule has 64 valence electrons. The van der Waals surface area contributed by atoms with Gasteiger partial charge in [0.25, 0.3) is 0 Å². The molecule has 0 saturated heterocycles. The molecular weight excluding hydrogens is 215 g/mol. The molecule has 1 rings (SSSR count). The zero-order valence-electron chi connectivity index (χ0n) is 7.41. The molecule has 0 atom stereocenters. The number of hydrogen-bond donors (Lipinski definition) is 0. The van der Waals surface area contributed by atoms with E-state index >= 15 is 0 Å². The number of hydrogen-bond acceptors (Lipinski definition) is 1. The van der Waals surface area contributed by atoms with Gasteiger partial charge in [0, 0.05) is 0 Å². The molecule has 0 aliphatic carbocycles. The topological polar surface area (TPSA) is 17.1 Å². The fraction of sp³-hybridized carbons (Fsp3) is 0.300. The Balaban J connectivity index is 2.66. The van der Waals surface area contributed by atoms with Gasteiger partial charge < -0.3 is 0 Å². The molecule has 0 unspecified atom stereocenters. The third-order valence-electron chi connectivity index (χ3n) is 1.52. The van der Waals surface area contributed by atoms with Gasteiger partial charge in [-0.1, -0.05) is 0 Å². The maximum absolute atomic E-state index is 11.5. The second-order valence-corrected chi connectivity index (χ2v) is 7.66. The molecule has 0 radical (unpaired) electrons. The summed E-state index contributed by atoms with van der Waals surface area (Å²) < 4.78 is 0. The van der Waals surface area contributed by atoms with E-state index in [0.717, 1.165) is 10.9 Å². The Bertz CT molecular complexity index is 254. The number of benzene rings is 1. The number of carbonyl (C=O) groups is 1. The van der Waals surface area contributed by atoms with Gasteiger partial charge in [0.05, 0.1) is 0 Å². The average molecular weight is 228 g/mol. The average Bonchev–Trinajstić information content (AvgIpc) is 2.05. The van der Waals surface area contributed by atoms with E-state index in [1.807, 2.05) is 30.3 Å². The molecule has 0 saturated carbocycles. The van der Waals surface area contributed by atoms with Crippen molar-refractivity contribution in [3.8, 4) is 0 Å². The van der Waals surface area contributed by atoms with Crippen molar-refractivity contribution >= 4 is 19.7 Å². The van der Waals surface area contributed by atoms with Crippen LogP contribution in [0.25, 0.3) is 0 Å². The molecule has 0 bridgehead atoms. The van der Waals surface area contributed by atoms with Crippen molar-refractivity contribution in [1.29, 1.82) is 0 Å². The van der Waals surface area contributed by atoms with Gasteiger partial charge in [-0.2, -0.15) is 0 Å². The second kappa shape index (κ2) is 4.44. The van der Waals surface area contributed by atoms with Crippen LogP contribution in [0.5, 0.6) is 0 Å². The van der Waals surface area contributed by atoms with Crippen LogP contribution in [-0.4, -0.2) is 19.7 Å². The molecule has 0 spiro atoms. The summed E-state index contributed by atoms with van der Waals surface area (Å²) in [5.41, 5.74) is 0.856. The van der Waals surface area contributed by atoms with Crippen LogP contribution in [0, 0.1) is 0 Å². The van der Waals surface area contributed by atoms with Gasteiger partial charge in [0.1, 0.15) is 0 Å². The van der Waals surface area contributed by atoms with Gasteiger partial charge >= 0.3 is 77.3 Å². The molecule has 1 aromatic carbocycles. The van der Waals surface area contributed by atoms with E-state index in [2.05, 4.69) is 11.6 Å². The van der Waals surface area contributed by atoms with E-state index in [9.17, 15) is 4.79 Å². The first-order valence-corrected chi connectivity index (χ1v) is 8.46. The third kappa shape index (κ3) is 2.80. The van der Waals surface area contributed by atoms with E-state index in [0.29, 0.717) is 5.78 Å². The predicted molar refractivity (Wildman–Crippen MR) is 53.1 cm³/mol. The van der Waals surface area contributed by atoms with Crippen LogP contribution in [0.3, 0.4) is 0 Å². The van der Waals surface area contributed by atoms with E-state index in [1.54, 1.807) is 0 Å². The summed E-state index contributed by atoms with van der Waals surface area (Å²) in [7, 11) is 0. The molecule has 2 heteroatoms. The molecule has 0 aromatic heterocycles. The Morgan fingerprint density at radius 3 is 2.33 bits per heavy atom. The Kier molecular flexibility index (Phi) is 3.51. The van der Waals surface area contributed by atoms with E-state index < -0.39 is 13.9 Å². The molecule has 0 fully saturated rings. The Hall–Kier alpha value is -0.591. The van der Waals surface area contributed by atoms with Crippen LogP contribution in [-0.2, 0) is 0 Å². The van der Waals surface area contributed by atoms with Crippen molar-refractivity contribution in [2.75, 3.05) is 0 Å². The van der Waals surface area contributed by atoms with Crippen molar-refractivity contribution in [3.05, 3.63) is 35.9 Å². The summed E-state index contributed by atoms with van der Waals surface area (Å²) in [5.74, 6) is 4.66. The molecule has 1 aromatic rings. The van der Waals surface area contributed by atoms with Gasteiger partial charge in [-0.25, -0.2) is 0 Å². The normalized spacial score (nSPS) is 10.2. The van der Waals surface area contributed by atoms with E-state index in [4.69, 9.17) is 0 Å². The van der Waals surface area contributed by atoms with Crippen LogP contribution in [0.1, 0.15) is 10.4 Å². The zero-order valence-corrected chi connectivity index (χ0v) is 9.12. The van der Waals surface area contributed by atoms with Gasteiger partial charge in [-0.3, -0.25) is 0 Å². The summed E-state index contributed by atoms with van der Waals surface area (Å²) in [4.78, 5) is 11.5. The summed E-state index contributed by atoms with van der Waals surface area (Å²) in [6, 6.07) is 9.53. The maximum atomic E-state index is 11.5. The van der Waals surface area contributed by atoms with Crippen LogP contribution >= 0.6 is 0 Å². The molecular formula is C10H13OSe+. The first kappa shape index (κ1) is 9.50. The second-order valence-electron chi connectivity index (χ2n) is 2.92. The summed E-state index contributed by atoms with van der Waals surface area (Å²) in [6.45, 7) is 0. The van der Waals surface area contributed by atoms with Crippen molar-refractivity contribution < 1.29 is 4.79 Å². The SMILES string of the molecule is C[Se+](C)CC(=O)c1ccccc1. The minimum atomic E-state index is -0.629.